The summed E-state index contributed by atoms with van der Waals surface area (Å²) >= 11 is 0. The van der Waals surface area contributed by atoms with Crippen LogP contribution in [0.5, 0.6) is 0 Å². The Morgan fingerprint density at radius 1 is 1.38 bits per heavy atom. The van der Waals surface area contributed by atoms with Gasteiger partial charge < -0.3 is 5.32 Å². The Balaban J connectivity index is 0. The molecule has 0 spiro atoms. The molecule has 13 heavy (non-hydrogen) atoms. The highest BCUT2D eigenvalue weighted by Crippen LogP contribution is 1.90. The van der Waals surface area contributed by atoms with Crippen LogP contribution in [-0.4, -0.2) is 11.5 Å². The van der Waals surface area contributed by atoms with E-state index in [0.717, 1.165) is 18.8 Å². The second kappa shape index (κ2) is 9.52. The molecule has 0 saturated heterocycles. The molecule has 1 aromatic heterocycles. The molecule has 4 heteroatoms. The van der Waals surface area contributed by atoms with Crippen molar-refractivity contribution in [3.63, 3.8) is 0 Å². The van der Waals surface area contributed by atoms with E-state index in [0.29, 0.717) is 0 Å². The van der Waals surface area contributed by atoms with Gasteiger partial charge in [0.25, 0.3) is 0 Å². The Kier molecular flexibility index (Phi) is 10.9. The lowest BCUT2D eigenvalue weighted by molar-refractivity contribution is 0.741. The normalized spacial score (nSPS) is 8.00. The number of nitrogens with zero attached hydrogens (tertiary/aromatic N) is 1. The number of hydrogen-bond donors (Lipinski definition) is 1. The summed E-state index contributed by atoms with van der Waals surface area (Å²) in [6.07, 6.45) is 3.63. The van der Waals surface area contributed by atoms with Crippen molar-refractivity contribution < 1.29 is 0 Å². The number of hydrogen-bond acceptors (Lipinski definition) is 2. The molecule has 0 aliphatic heterocycles. The summed E-state index contributed by atoms with van der Waals surface area (Å²) in [7, 11) is 0. The highest BCUT2D eigenvalue weighted by Gasteiger charge is 1.88. The lowest BCUT2D eigenvalue weighted by atomic mass is 10.3. The van der Waals surface area contributed by atoms with Crippen molar-refractivity contribution in [1.29, 1.82) is 0 Å². The summed E-state index contributed by atoms with van der Waals surface area (Å²) in [6, 6.07) is 5.89. The Hall–Kier alpha value is -0.570. The van der Waals surface area contributed by atoms with Crippen molar-refractivity contribution in [1.82, 2.24) is 10.3 Å². The number of halogens is 2. The van der Waals surface area contributed by atoms with Crippen molar-refractivity contribution in [2.45, 2.75) is 6.54 Å². The van der Waals surface area contributed by atoms with Gasteiger partial charge >= 0.3 is 0 Å². The zero-order chi connectivity index (χ0) is 7.94. The molecule has 0 aliphatic rings. The average molecular weight is 221 g/mol. The smallest absolute Gasteiger partial charge is 0.0541 e. The minimum Gasteiger partial charge on any atom is -0.308 e. The first-order valence-electron chi connectivity index (χ1n) is 3.65. The third-order valence-electron chi connectivity index (χ3n) is 1.32. The molecule has 74 valence electrons. The first-order valence-corrected chi connectivity index (χ1v) is 3.65. The molecule has 1 rings (SSSR count). The van der Waals surface area contributed by atoms with Crippen molar-refractivity contribution in [2.24, 2.45) is 0 Å². The van der Waals surface area contributed by atoms with Crippen LogP contribution in [0.4, 0.5) is 0 Å². The van der Waals surface area contributed by atoms with Crippen LogP contribution >= 0.6 is 24.8 Å². The van der Waals surface area contributed by atoms with Gasteiger partial charge in [-0.1, -0.05) is 12.1 Å². The molecule has 0 amide bonds. The predicted molar refractivity (Wildman–Crippen MR) is 60.6 cm³/mol. The fraction of sp³-hybridized carbons (Fsp3) is 0.222. The minimum absolute atomic E-state index is 0. The van der Waals surface area contributed by atoms with Gasteiger partial charge in [-0.15, -0.1) is 31.4 Å². The number of aromatic nitrogens is 1. The van der Waals surface area contributed by atoms with Crippen LogP contribution in [0.25, 0.3) is 0 Å². The van der Waals surface area contributed by atoms with E-state index in [1.807, 2.05) is 24.3 Å². The molecular weight excluding hydrogens is 207 g/mol. The van der Waals surface area contributed by atoms with E-state index in [2.05, 4.69) is 16.9 Å². The number of rotatable bonds is 4. The van der Waals surface area contributed by atoms with Crippen LogP contribution in [0.3, 0.4) is 0 Å². The predicted octanol–water partition coefficient (Wildman–Crippen LogP) is 2.20. The standard InChI is InChI=1S/C9H12N2.2ClH/c1-2-6-10-8-9-5-3-4-7-11-9;;/h2-5,7,10H,1,6,8H2;2*1H. The monoisotopic (exact) mass is 220 g/mol. The van der Waals surface area contributed by atoms with Crippen molar-refractivity contribution in [3.8, 4) is 0 Å². The zero-order valence-electron chi connectivity index (χ0n) is 7.27. The van der Waals surface area contributed by atoms with Gasteiger partial charge in [-0.2, -0.15) is 0 Å². The molecular formula is C9H14Cl2N2. The van der Waals surface area contributed by atoms with Gasteiger partial charge in [-0.05, 0) is 12.1 Å². The fourth-order valence-electron chi connectivity index (χ4n) is 0.805. The van der Waals surface area contributed by atoms with Crippen molar-refractivity contribution in [2.75, 3.05) is 6.54 Å². The maximum atomic E-state index is 4.15. The molecule has 0 saturated carbocycles. The summed E-state index contributed by atoms with van der Waals surface area (Å²) < 4.78 is 0. The lowest BCUT2D eigenvalue weighted by Crippen LogP contribution is -2.13. The first kappa shape index (κ1) is 14.9. The quantitative estimate of drug-likeness (QED) is 0.622. The summed E-state index contributed by atoms with van der Waals surface area (Å²) in [5, 5.41) is 3.17. The largest absolute Gasteiger partial charge is 0.308 e. The molecule has 0 aromatic carbocycles. The molecule has 1 aromatic rings. The summed E-state index contributed by atoms with van der Waals surface area (Å²) in [6.45, 7) is 5.25. The van der Waals surface area contributed by atoms with Crippen LogP contribution in [-0.2, 0) is 6.54 Å². The second-order valence-electron chi connectivity index (χ2n) is 2.24. The van der Waals surface area contributed by atoms with Crippen molar-refractivity contribution in [3.05, 3.63) is 42.7 Å². The van der Waals surface area contributed by atoms with E-state index in [1.165, 1.54) is 0 Å². The molecule has 0 fully saturated rings. The Bertz CT molecular complexity index is 214. The highest BCUT2D eigenvalue weighted by atomic mass is 35.5. The van der Waals surface area contributed by atoms with Crippen LogP contribution in [0, 0.1) is 0 Å². The maximum absolute atomic E-state index is 4.15. The van der Waals surface area contributed by atoms with E-state index < -0.39 is 0 Å². The van der Waals surface area contributed by atoms with E-state index in [9.17, 15) is 0 Å². The van der Waals surface area contributed by atoms with Gasteiger partial charge in [0.15, 0.2) is 0 Å². The van der Waals surface area contributed by atoms with Crippen LogP contribution in [0.2, 0.25) is 0 Å². The zero-order valence-corrected chi connectivity index (χ0v) is 8.90. The third-order valence-corrected chi connectivity index (χ3v) is 1.32. The molecule has 0 radical (unpaired) electrons. The van der Waals surface area contributed by atoms with Gasteiger partial charge in [0.2, 0.25) is 0 Å². The maximum Gasteiger partial charge on any atom is 0.0541 e. The Morgan fingerprint density at radius 2 is 2.15 bits per heavy atom. The minimum atomic E-state index is 0. The fourth-order valence-corrected chi connectivity index (χ4v) is 0.805. The first-order chi connectivity index (χ1) is 5.43. The molecule has 1 heterocycles. The summed E-state index contributed by atoms with van der Waals surface area (Å²) in [5.41, 5.74) is 1.06. The van der Waals surface area contributed by atoms with E-state index in [-0.39, 0.29) is 24.8 Å². The van der Waals surface area contributed by atoms with Gasteiger partial charge in [-0.3, -0.25) is 4.98 Å². The van der Waals surface area contributed by atoms with Gasteiger partial charge in [0.1, 0.15) is 0 Å². The molecule has 1 N–H and O–H groups in total. The third kappa shape index (κ3) is 6.58. The lowest BCUT2D eigenvalue weighted by Gasteiger charge is -1.98. The number of pyridine rings is 1. The van der Waals surface area contributed by atoms with E-state index in [4.69, 9.17) is 0 Å². The Morgan fingerprint density at radius 3 is 2.69 bits per heavy atom. The van der Waals surface area contributed by atoms with E-state index in [1.54, 1.807) is 6.20 Å². The summed E-state index contributed by atoms with van der Waals surface area (Å²) in [5.74, 6) is 0. The van der Waals surface area contributed by atoms with Crippen molar-refractivity contribution >= 4 is 24.8 Å². The summed E-state index contributed by atoms with van der Waals surface area (Å²) in [4.78, 5) is 4.15. The number of nitrogens with one attached hydrogen (secondary N) is 1. The average Bonchev–Trinajstić information content (AvgIpc) is 2.07. The van der Waals surface area contributed by atoms with Crippen LogP contribution in [0.1, 0.15) is 5.69 Å². The van der Waals surface area contributed by atoms with Crippen LogP contribution < -0.4 is 5.32 Å². The molecule has 2 nitrogen and oxygen atoms in total. The van der Waals surface area contributed by atoms with Crippen LogP contribution in [0.15, 0.2) is 37.1 Å². The second-order valence-corrected chi connectivity index (χ2v) is 2.24. The van der Waals surface area contributed by atoms with Gasteiger partial charge in [-0.25, -0.2) is 0 Å². The topological polar surface area (TPSA) is 24.9 Å². The molecule has 0 atom stereocenters. The van der Waals surface area contributed by atoms with E-state index >= 15 is 0 Å². The van der Waals surface area contributed by atoms with Gasteiger partial charge in [0, 0.05) is 19.3 Å². The molecule has 0 unspecified atom stereocenters. The SMILES string of the molecule is C=CCNCc1ccccn1.Cl.Cl. The highest BCUT2D eigenvalue weighted by molar-refractivity contribution is 5.85. The molecule has 0 bridgehead atoms. The Labute approximate surface area is 91.3 Å². The van der Waals surface area contributed by atoms with Gasteiger partial charge in [0.05, 0.1) is 5.69 Å². The molecule has 0 aliphatic carbocycles.